The smallest absolute Gasteiger partial charge is 0.0525 e. The van der Waals surface area contributed by atoms with Gasteiger partial charge in [-0.3, -0.25) is 0 Å². The van der Waals surface area contributed by atoms with Crippen LogP contribution < -0.4 is 5.73 Å². The molecule has 1 radical (unpaired) electrons. The van der Waals surface area contributed by atoms with Crippen LogP contribution in [0.15, 0.2) is 11.6 Å². The zero-order valence-corrected chi connectivity index (χ0v) is 5.39. The molecule has 0 aliphatic rings. The van der Waals surface area contributed by atoms with Gasteiger partial charge in [-0.2, -0.15) is 0 Å². The molecule has 0 aliphatic heterocycles. The number of thioether (sulfide) groups is 1. The maximum atomic E-state index is 4.99. The lowest BCUT2D eigenvalue weighted by atomic mass is 11.0. The Hall–Kier alpha value is -0.0200. The highest BCUT2D eigenvalue weighted by Gasteiger charge is 1.77. The van der Waals surface area contributed by atoms with Crippen LogP contribution in [0, 0.1) is 6.92 Å². The van der Waals surface area contributed by atoms with E-state index in [1.54, 1.807) is 5.41 Å². The lowest BCUT2D eigenvalue weighted by Crippen LogP contribution is -1.75. The monoisotopic (exact) mass is 132 g/mol. The van der Waals surface area contributed by atoms with Crippen LogP contribution in [0.1, 0.15) is 0 Å². The minimum Gasteiger partial charge on any atom is -0.404 e. The van der Waals surface area contributed by atoms with Gasteiger partial charge in [0.25, 0.3) is 0 Å². The minimum absolute atomic E-state index is 0.640. The summed E-state index contributed by atoms with van der Waals surface area (Å²) in [6, 6.07) is 0. The van der Waals surface area contributed by atoms with E-state index in [2.05, 4.69) is 19.1 Å². The van der Waals surface area contributed by atoms with Gasteiger partial charge in [0.2, 0.25) is 0 Å². The molecule has 7 heavy (non-hydrogen) atoms. The van der Waals surface area contributed by atoms with E-state index in [1.165, 1.54) is 18.0 Å². The van der Waals surface area contributed by atoms with Gasteiger partial charge in [0.1, 0.15) is 0 Å². The largest absolute Gasteiger partial charge is 0.404 e. The molecule has 0 heterocycles. The summed E-state index contributed by atoms with van der Waals surface area (Å²) in [6.45, 7) is 3.46. The number of rotatable bonds is 1. The zero-order chi connectivity index (χ0) is 5.70. The van der Waals surface area contributed by atoms with Gasteiger partial charge < -0.3 is 5.73 Å². The van der Waals surface area contributed by atoms with Crippen molar-refractivity contribution in [2.24, 2.45) is 5.73 Å². The number of thiocarbonyl (C=S) groups is 1. The van der Waals surface area contributed by atoms with E-state index in [-0.39, 0.29) is 0 Å². The number of hydrogen-bond donors (Lipinski definition) is 1. The van der Waals surface area contributed by atoms with Crippen molar-refractivity contribution in [1.82, 2.24) is 0 Å². The second-order valence-electron chi connectivity index (χ2n) is 0.818. The molecule has 0 spiro atoms. The molecular weight excluding hydrogens is 126 g/mol. The Bertz CT molecular complexity index is 87.7. The maximum Gasteiger partial charge on any atom is 0.0525 e. The third-order valence-corrected chi connectivity index (χ3v) is 1.12. The molecule has 0 unspecified atom stereocenters. The van der Waals surface area contributed by atoms with Crippen molar-refractivity contribution < 1.29 is 0 Å². The molecule has 0 bridgehead atoms. The molecule has 0 saturated heterocycles. The minimum atomic E-state index is 0.640. The Morgan fingerprint density at radius 2 is 2.43 bits per heavy atom. The van der Waals surface area contributed by atoms with Gasteiger partial charge in [-0.1, -0.05) is 24.0 Å². The van der Waals surface area contributed by atoms with Gasteiger partial charge in [0.15, 0.2) is 0 Å². The third kappa shape index (κ3) is 5.98. The average Bonchev–Trinajstić information content (AvgIpc) is 1.61. The van der Waals surface area contributed by atoms with Crippen LogP contribution in [0.4, 0.5) is 0 Å². The highest BCUT2D eigenvalue weighted by Crippen LogP contribution is 2.02. The second kappa shape index (κ2) is 4.15. The Labute approximate surface area is 53.0 Å². The standard InChI is InChI=1S/C4H6NS2/c1-4(6)7-3-2-5/h2-3H,1,5H2. The predicted molar refractivity (Wildman–Crippen MR) is 38.9 cm³/mol. The lowest BCUT2D eigenvalue weighted by molar-refractivity contribution is 1.63. The molecule has 2 N–H and O–H groups in total. The molecule has 0 rings (SSSR count). The summed E-state index contributed by atoms with van der Waals surface area (Å²) >= 11 is 5.95. The van der Waals surface area contributed by atoms with E-state index in [4.69, 9.17) is 5.73 Å². The van der Waals surface area contributed by atoms with Crippen LogP contribution >= 0.6 is 24.0 Å². The molecule has 3 heteroatoms. The van der Waals surface area contributed by atoms with Gasteiger partial charge in [-0.25, -0.2) is 0 Å². The summed E-state index contributed by atoms with van der Waals surface area (Å²) in [5.41, 5.74) is 4.99. The Morgan fingerprint density at radius 3 is 2.57 bits per heavy atom. The van der Waals surface area contributed by atoms with Crippen molar-refractivity contribution in [1.29, 1.82) is 0 Å². The molecule has 0 fully saturated rings. The zero-order valence-electron chi connectivity index (χ0n) is 3.76. The maximum absolute atomic E-state index is 4.99. The van der Waals surface area contributed by atoms with Crippen LogP contribution in [-0.4, -0.2) is 4.20 Å². The fourth-order valence-corrected chi connectivity index (χ4v) is 0.512. The van der Waals surface area contributed by atoms with Crippen LogP contribution in [0.25, 0.3) is 0 Å². The molecule has 39 valence electrons. The van der Waals surface area contributed by atoms with E-state index < -0.39 is 0 Å². The summed E-state index contributed by atoms with van der Waals surface area (Å²) in [5, 5.41) is 1.69. The van der Waals surface area contributed by atoms with Crippen molar-refractivity contribution in [3.63, 3.8) is 0 Å². The molecule has 0 aliphatic carbocycles. The van der Waals surface area contributed by atoms with Crippen LogP contribution in [0.5, 0.6) is 0 Å². The van der Waals surface area contributed by atoms with Crippen LogP contribution in [0.3, 0.4) is 0 Å². The molecule has 0 saturated carbocycles. The summed E-state index contributed by atoms with van der Waals surface area (Å²) < 4.78 is 0.640. The van der Waals surface area contributed by atoms with Crippen molar-refractivity contribution >= 4 is 28.2 Å². The fourth-order valence-electron chi connectivity index (χ4n) is 0.115. The van der Waals surface area contributed by atoms with Gasteiger partial charge in [0, 0.05) is 6.20 Å². The summed E-state index contributed by atoms with van der Waals surface area (Å²) in [4.78, 5) is 0. The first-order chi connectivity index (χ1) is 3.27. The summed E-state index contributed by atoms with van der Waals surface area (Å²) in [7, 11) is 0. The highest BCUT2D eigenvalue weighted by atomic mass is 32.2. The van der Waals surface area contributed by atoms with E-state index in [0.29, 0.717) is 4.20 Å². The third-order valence-electron chi connectivity index (χ3n) is 0.278. The first-order valence-corrected chi connectivity index (χ1v) is 2.95. The average molecular weight is 132 g/mol. The van der Waals surface area contributed by atoms with Crippen molar-refractivity contribution in [3.8, 4) is 0 Å². The molecule has 0 aromatic carbocycles. The molecular formula is C4H6NS2. The SMILES string of the molecule is [CH2]C(=S)SC=CN. The van der Waals surface area contributed by atoms with Gasteiger partial charge in [-0.15, -0.1) is 0 Å². The second-order valence-corrected chi connectivity index (χ2v) is 2.57. The quantitative estimate of drug-likeness (QED) is 0.545. The van der Waals surface area contributed by atoms with Crippen molar-refractivity contribution in [2.45, 2.75) is 0 Å². The highest BCUT2D eigenvalue weighted by molar-refractivity contribution is 8.25. The number of hydrogen-bond acceptors (Lipinski definition) is 3. The summed E-state index contributed by atoms with van der Waals surface area (Å²) in [5.74, 6) is 0. The van der Waals surface area contributed by atoms with Crippen molar-refractivity contribution in [2.75, 3.05) is 0 Å². The van der Waals surface area contributed by atoms with Crippen LogP contribution in [-0.2, 0) is 0 Å². The Morgan fingerprint density at radius 1 is 1.86 bits per heavy atom. The van der Waals surface area contributed by atoms with E-state index in [0.717, 1.165) is 0 Å². The molecule has 0 aromatic heterocycles. The van der Waals surface area contributed by atoms with E-state index >= 15 is 0 Å². The van der Waals surface area contributed by atoms with Crippen LogP contribution in [0.2, 0.25) is 0 Å². The van der Waals surface area contributed by atoms with E-state index in [9.17, 15) is 0 Å². The van der Waals surface area contributed by atoms with Gasteiger partial charge in [0.05, 0.1) is 4.20 Å². The lowest BCUT2D eigenvalue weighted by Gasteiger charge is -1.81. The Balaban J connectivity index is 3.14. The fraction of sp³-hybridized carbons (Fsp3) is 0. The van der Waals surface area contributed by atoms with Gasteiger partial charge >= 0.3 is 0 Å². The molecule has 0 amide bonds. The topological polar surface area (TPSA) is 26.0 Å². The summed E-state index contributed by atoms with van der Waals surface area (Å²) in [6.07, 6.45) is 1.43. The molecule has 0 atom stereocenters. The predicted octanol–water partition coefficient (Wildman–Crippen LogP) is 1.31. The molecule has 0 aromatic rings. The first-order valence-electron chi connectivity index (χ1n) is 1.66. The normalized spacial score (nSPS) is 9.86. The van der Waals surface area contributed by atoms with Crippen molar-refractivity contribution in [3.05, 3.63) is 18.5 Å². The molecule has 1 nitrogen and oxygen atoms in total. The van der Waals surface area contributed by atoms with E-state index in [1.807, 2.05) is 0 Å². The van der Waals surface area contributed by atoms with Gasteiger partial charge in [-0.05, 0) is 12.3 Å². The Kier molecular flexibility index (Phi) is 4.14. The first kappa shape index (κ1) is 6.98. The number of nitrogens with two attached hydrogens (primary N) is 1.